The molecule has 1 aliphatic rings. The minimum Gasteiger partial charge on any atom is -0.491 e. The summed E-state index contributed by atoms with van der Waals surface area (Å²) in [7, 11) is 0. The lowest BCUT2D eigenvalue weighted by atomic mass is 9.97. The molecule has 0 spiro atoms. The number of ether oxygens (including phenoxy) is 2. The van der Waals surface area contributed by atoms with Gasteiger partial charge in [0.2, 0.25) is 0 Å². The lowest BCUT2D eigenvalue weighted by Crippen LogP contribution is -2.48. The molecule has 2 rings (SSSR count). The fourth-order valence-electron chi connectivity index (χ4n) is 3.52. The van der Waals surface area contributed by atoms with E-state index in [1.54, 1.807) is 0 Å². The highest BCUT2D eigenvalue weighted by atomic mass is 16.5. The topological polar surface area (TPSA) is 41.9 Å². The van der Waals surface area contributed by atoms with Gasteiger partial charge in [0.05, 0.1) is 19.3 Å². The summed E-state index contributed by atoms with van der Waals surface area (Å²) in [5, 5.41) is 10.2. The molecule has 4 nitrogen and oxygen atoms in total. The van der Waals surface area contributed by atoms with E-state index in [0.29, 0.717) is 44.4 Å². The van der Waals surface area contributed by atoms with Crippen molar-refractivity contribution in [3.05, 3.63) is 29.8 Å². The maximum Gasteiger partial charge on any atom is 0.119 e. The van der Waals surface area contributed by atoms with Crippen molar-refractivity contribution in [2.45, 2.75) is 71.1 Å². The molecular formula is C21H35NO3. The summed E-state index contributed by atoms with van der Waals surface area (Å²) in [4.78, 5) is 2.41. The van der Waals surface area contributed by atoms with Crippen LogP contribution in [0.5, 0.6) is 5.75 Å². The lowest BCUT2D eigenvalue weighted by Gasteiger charge is -2.40. The van der Waals surface area contributed by atoms with Crippen LogP contribution in [0.15, 0.2) is 24.3 Å². The molecule has 0 amide bonds. The van der Waals surface area contributed by atoms with Gasteiger partial charge in [-0.2, -0.15) is 0 Å². The summed E-state index contributed by atoms with van der Waals surface area (Å²) in [5.41, 5.74) is 1.31. The third kappa shape index (κ3) is 6.61. The van der Waals surface area contributed by atoms with Gasteiger partial charge in [-0.25, -0.2) is 0 Å². The molecule has 0 radical (unpaired) electrons. The smallest absolute Gasteiger partial charge is 0.119 e. The molecule has 1 heterocycles. The highest BCUT2D eigenvalue weighted by molar-refractivity contribution is 5.28. The number of hydrogen-bond acceptors (Lipinski definition) is 4. The van der Waals surface area contributed by atoms with Crippen LogP contribution in [0.1, 0.15) is 58.4 Å². The molecule has 25 heavy (non-hydrogen) atoms. The summed E-state index contributed by atoms with van der Waals surface area (Å²) < 4.78 is 11.3. The predicted octanol–water partition coefficient (Wildman–Crippen LogP) is 3.83. The summed E-state index contributed by atoms with van der Waals surface area (Å²) in [6.45, 7) is 10.9. The Kier molecular flexibility index (Phi) is 8.20. The summed E-state index contributed by atoms with van der Waals surface area (Å²) in [5.74, 6) is 1.40. The standard InChI is InChI=1S/C21H35NO3/c1-16(2)19-8-10-21(11-9-19)25-13-12-24-15-20(23)14-22-17(3)6-5-7-18(22)4/h8-11,16-18,20,23H,5-7,12-15H2,1-4H3/t17-,18-,20-/m1/s1. The second kappa shape index (κ2) is 10.1. The Morgan fingerprint density at radius 2 is 1.72 bits per heavy atom. The van der Waals surface area contributed by atoms with E-state index in [1.807, 2.05) is 12.1 Å². The SMILES string of the molecule is CC(C)c1ccc(OCCOC[C@H](O)CN2[C@H](C)CCC[C@H]2C)cc1. The number of benzene rings is 1. The van der Waals surface area contributed by atoms with E-state index in [9.17, 15) is 5.11 Å². The van der Waals surface area contributed by atoms with Gasteiger partial charge in [-0.15, -0.1) is 0 Å². The average Bonchev–Trinajstić information content (AvgIpc) is 2.58. The second-order valence-corrected chi connectivity index (χ2v) is 7.63. The third-order valence-corrected chi connectivity index (χ3v) is 5.15. The molecule has 1 aliphatic heterocycles. The molecule has 3 atom stereocenters. The lowest BCUT2D eigenvalue weighted by molar-refractivity contribution is -0.0141. The van der Waals surface area contributed by atoms with Crippen LogP contribution in [0.3, 0.4) is 0 Å². The fraction of sp³-hybridized carbons (Fsp3) is 0.714. The average molecular weight is 350 g/mol. The number of hydrogen-bond donors (Lipinski definition) is 1. The van der Waals surface area contributed by atoms with Gasteiger partial charge in [0.15, 0.2) is 0 Å². The van der Waals surface area contributed by atoms with Crippen molar-refractivity contribution in [2.24, 2.45) is 0 Å². The maximum atomic E-state index is 10.2. The first kappa shape index (κ1) is 20.2. The minimum atomic E-state index is -0.437. The van der Waals surface area contributed by atoms with Gasteiger partial charge >= 0.3 is 0 Å². The van der Waals surface area contributed by atoms with E-state index in [1.165, 1.54) is 24.8 Å². The molecule has 1 aromatic carbocycles. The minimum absolute atomic E-state index is 0.367. The molecule has 1 fully saturated rings. The number of nitrogens with zero attached hydrogens (tertiary/aromatic N) is 1. The molecule has 0 unspecified atom stereocenters. The van der Waals surface area contributed by atoms with Crippen LogP contribution in [0.2, 0.25) is 0 Å². The van der Waals surface area contributed by atoms with Gasteiger partial charge < -0.3 is 14.6 Å². The second-order valence-electron chi connectivity index (χ2n) is 7.63. The van der Waals surface area contributed by atoms with Gasteiger partial charge in [0, 0.05) is 18.6 Å². The highest BCUT2D eigenvalue weighted by Crippen LogP contribution is 2.22. The molecule has 0 aliphatic carbocycles. The quantitative estimate of drug-likeness (QED) is 0.688. The van der Waals surface area contributed by atoms with Crippen molar-refractivity contribution < 1.29 is 14.6 Å². The molecule has 1 N–H and O–H groups in total. The number of likely N-dealkylation sites (tertiary alicyclic amines) is 1. The zero-order valence-corrected chi connectivity index (χ0v) is 16.3. The Morgan fingerprint density at radius 1 is 1.08 bits per heavy atom. The normalized spacial score (nSPS) is 23.0. The van der Waals surface area contributed by atoms with E-state index in [4.69, 9.17) is 9.47 Å². The number of β-amino-alcohol motifs (C(OH)–C–C–N with tert-alkyl or cyclic N) is 1. The van der Waals surface area contributed by atoms with E-state index in [2.05, 4.69) is 44.7 Å². The van der Waals surface area contributed by atoms with Crippen LogP contribution in [-0.4, -0.2) is 54.6 Å². The van der Waals surface area contributed by atoms with Gasteiger partial charge in [-0.3, -0.25) is 4.90 Å². The molecule has 1 aromatic rings. The summed E-state index contributed by atoms with van der Waals surface area (Å²) in [6.07, 6.45) is 3.30. The number of aliphatic hydroxyl groups is 1. The van der Waals surface area contributed by atoms with Crippen molar-refractivity contribution in [1.29, 1.82) is 0 Å². The van der Waals surface area contributed by atoms with Crippen LogP contribution in [0, 0.1) is 0 Å². The van der Waals surface area contributed by atoms with Crippen LogP contribution in [-0.2, 0) is 4.74 Å². The first-order valence-corrected chi connectivity index (χ1v) is 9.71. The van der Waals surface area contributed by atoms with E-state index in [-0.39, 0.29) is 0 Å². The van der Waals surface area contributed by atoms with Gasteiger partial charge in [-0.05, 0) is 50.3 Å². The summed E-state index contributed by atoms with van der Waals surface area (Å²) in [6, 6.07) is 9.31. The zero-order valence-electron chi connectivity index (χ0n) is 16.3. The highest BCUT2D eigenvalue weighted by Gasteiger charge is 2.26. The Hall–Kier alpha value is -1.10. The van der Waals surface area contributed by atoms with Crippen molar-refractivity contribution in [1.82, 2.24) is 4.90 Å². The third-order valence-electron chi connectivity index (χ3n) is 5.15. The number of piperidine rings is 1. The molecule has 0 aromatic heterocycles. The Labute approximate surface area is 153 Å². The van der Waals surface area contributed by atoms with Crippen molar-refractivity contribution >= 4 is 0 Å². The summed E-state index contributed by atoms with van der Waals surface area (Å²) >= 11 is 0. The van der Waals surface area contributed by atoms with Crippen LogP contribution in [0.4, 0.5) is 0 Å². The van der Waals surface area contributed by atoms with E-state index >= 15 is 0 Å². The first-order valence-electron chi connectivity index (χ1n) is 9.71. The van der Waals surface area contributed by atoms with Crippen LogP contribution < -0.4 is 4.74 Å². The zero-order chi connectivity index (χ0) is 18.2. The molecular weight excluding hydrogens is 314 g/mol. The fourth-order valence-corrected chi connectivity index (χ4v) is 3.52. The monoisotopic (exact) mass is 349 g/mol. The molecule has 0 saturated carbocycles. The van der Waals surface area contributed by atoms with Crippen molar-refractivity contribution in [3.8, 4) is 5.75 Å². The van der Waals surface area contributed by atoms with Gasteiger partial charge in [-0.1, -0.05) is 32.4 Å². The van der Waals surface area contributed by atoms with E-state index < -0.39 is 6.10 Å². The Bertz CT molecular complexity index is 478. The molecule has 4 heteroatoms. The maximum absolute atomic E-state index is 10.2. The predicted molar refractivity (Wildman–Crippen MR) is 102 cm³/mol. The first-order chi connectivity index (χ1) is 12.0. The van der Waals surface area contributed by atoms with E-state index in [0.717, 1.165) is 5.75 Å². The number of rotatable bonds is 9. The van der Waals surface area contributed by atoms with Crippen LogP contribution >= 0.6 is 0 Å². The molecule has 142 valence electrons. The van der Waals surface area contributed by atoms with Crippen LogP contribution in [0.25, 0.3) is 0 Å². The van der Waals surface area contributed by atoms with Crippen molar-refractivity contribution in [2.75, 3.05) is 26.4 Å². The Balaban J connectivity index is 1.60. The Morgan fingerprint density at radius 3 is 2.32 bits per heavy atom. The largest absolute Gasteiger partial charge is 0.491 e. The number of aliphatic hydroxyl groups excluding tert-OH is 1. The molecule has 0 bridgehead atoms. The van der Waals surface area contributed by atoms with Gasteiger partial charge in [0.1, 0.15) is 12.4 Å². The van der Waals surface area contributed by atoms with Crippen molar-refractivity contribution in [3.63, 3.8) is 0 Å². The van der Waals surface area contributed by atoms with Gasteiger partial charge in [0.25, 0.3) is 0 Å². The molecule has 1 saturated heterocycles.